The highest BCUT2D eigenvalue weighted by atomic mass is 35.5. The first-order valence-electron chi connectivity index (χ1n) is 5.65. The molecule has 17 heavy (non-hydrogen) atoms. The summed E-state index contributed by atoms with van der Waals surface area (Å²) in [5.74, 6) is 0. The summed E-state index contributed by atoms with van der Waals surface area (Å²) in [6, 6.07) is 6.40. The molecule has 90 valence electrons. The number of halogens is 1. The van der Waals surface area contributed by atoms with Gasteiger partial charge in [-0.1, -0.05) is 18.5 Å². The molecule has 2 nitrogen and oxygen atoms in total. The van der Waals surface area contributed by atoms with Gasteiger partial charge in [-0.2, -0.15) is 0 Å². The minimum absolute atomic E-state index is 0.252. The maximum Gasteiger partial charge on any atom is 0.0721 e. The van der Waals surface area contributed by atoms with Gasteiger partial charge in [0.1, 0.15) is 0 Å². The standard InChI is InChI=1S/C13H15ClN2S/c1-3-10-4-5-13(17-10)9(2)16-12-8-15-7-6-11(12)14/h4-9,16H,3H2,1-2H3. The number of aromatic nitrogens is 1. The fraction of sp³-hybridized carbons (Fsp3) is 0.308. The summed E-state index contributed by atoms with van der Waals surface area (Å²) in [7, 11) is 0. The molecule has 0 saturated carbocycles. The van der Waals surface area contributed by atoms with Gasteiger partial charge in [0.05, 0.1) is 22.9 Å². The van der Waals surface area contributed by atoms with Crippen LogP contribution in [0.3, 0.4) is 0 Å². The molecule has 0 aliphatic rings. The van der Waals surface area contributed by atoms with Crippen molar-refractivity contribution in [3.05, 3.63) is 45.4 Å². The molecule has 0 fully saturated rings. The largest absolute Gasteiger partial charge is 0.375 e. The summed E-state index contributed by atoms with van der Waals surface area (Å²) in [6.45, 7) is 4.31. The third-order valence-electron chi connectivity index (χ3n) is 2.60. The molecule has 1 unspecified atom stereocenters. The topological polar surface area (TPSA) is 24.9 Å². The van der Waals surface area contributed by atoms with Crippen molar-refractivity contribution in [3.8, 4) is 0 Å². The smallest absolute Gasteiger partial charge is 0.0721 e. The predicted octanol–water partition coefficient (Wildman–Crippen LogP) is 4.53. The molecular formula is C13H15ClN2S. The normalized spacial score (nSPS) is 12.4. The number of pyridine rings is 1. The van der Waals surface area contributed by atoms with Crippen molar-refractivity contribution in [2.24, 2.45) is 0 Å². The lowest BCUT2D eigenvalue weighted by molar-refractivity contribution is 0.906. The van der Waals surface area contributed by atoms with Gasteiger partial charge < -0.3 is 5.32 Å². The maximum atomic E-state index is 6.09. The fourth-order valence-corrected chi connectivity index (χ4v) is 2.72. The van der Waals surface area contributed by atoms with E-state index >= 15 is 0 Å². The minimum Gasteiger partial charge on any atom is -0.375 e. The molecule has 4 heteroatoms. The van der Waals surface area contributed by atoms with Crippen LogP contribution in [0.4, 0.5) is 5.69 Å². The Morgan fingerprint density at radius 3 is 2.88 bits per heavy atom. The van der Waals surface area contributed by atoms with Crippen LogP contribution < -0.4 is 5.32 Å². The molecule has 0 spiro atoms. The first-order valence-corrected chi connectivity index (χ1v) is 6.84. The molecule has 0 bridgehead atoms. The molecule has 0 saturated heterocycles. The van der Waals surface area contributed by atoms with Gasteiger partial charge in [-0.15, -0.1) is 11.3 Å². The SMILES string of the molecule is CCc1ccc(C(C)Nc2cnccc2Cl)s1. The number of hydrogen-bond donors (Lipinski definition) is 1. The second-order valence-corrected chi connectivity index (χ2v) is 5.49. The van der Waals surface area contributed by atoms with Crippen molar-refractivity contribution in [2.75, 3.05) is 5.32 Å². The van der Waals surface area contributed by atoms with E-state index in [0.717, 1.165) is 12.1 Å². The summed E-state index contributed by atoms with van der Waals surface area (Å²) in [4.78, 5) is 6.80. The van der Waals surface area contributed by atoms with Gasteiger partial charge in [-0.25, -0.2) is 0 Å². The number of hydrogen-bond acceptors (Lipinski definition) is 3. The quantitative estimate of drug-likeness (QED) is 0.879. The Hall–Kier alpha value is -1.06. The van der Waals surface area contributed by atoms with Crippen molar-refractivity contribution in [1.82, 2.24) is 4.98 Å². The van der Waals surface area contributed by atoms with Crippen molar-refractivity contribution in [3.63, 3.8) is 0 Å². The lowest BCUT2D eigenvalue weighted by Crippen LogP contribution is -2.05. The van der Waals surface area contributed by atoms with Gasteiger partial charge in [0.2, 0.25) is 0 Å². The van der Waals surface area contributed by atoms with Gasteiger partial charge in [-0.05, 0) is 31.5 Å². The van der Waals surface area contributed by atoms with E-state index in [-0.39, 0.29) is 6.04 Å². The van der Waals surface area contributed by atoms with E-state index in [1.165, 1.54) is 9.75 Å². The van der Waals surface area contributed by atoms with E-state index < -0.39 is 0 Å². The predicted molar refractivity (Wildman–Crippen MR) is 75.0 cm³/mol. The lowest BCUT2D eigenvalue weighted by atomic mass is 10.2. The number of nitrogens with zero attached hydrogens (tertiary/aromatic N) is 1. The highest BCUT2D eigenvalue weighted by Crippen LogP contribution is 2.28. The molecule has 2 aromatic heterocycles. The third-order valence-corrected chi connectivity index (χ3v) is 4.34. The van der Waals surface area contributed by atoms with Gasteiger partial charge >= 0.3 is 0 Å². The average Bonchev–Trinajstić information content (AvgIpc) is 2.81. The summed E-state index contributed by atoms with van der Waals surface area (Å²) in [5, 5.41) is 4.09. The number of rotatable bonds is 4. The van der Waals surface area contributed by atoms with Gasteiger partial charge in [0.25, 0.3) is 0 Å². The Bertz CT molecular complexity index is 496. The highest BCUT2D eigenvalue weighted by molar-refractivity contribution is 7.12. The van der Waals surface area contributed by atoms with E-state index in [2.05, 4.69) is 36.3 Å². The minimum atomic E-state index is 0.252. The van der Waals surface area contributed by atoms with Crippen LogP contribution in [-0.4, -0.2) is 4.98 Å². The van der Waals surface area contributed by atoms with Crippen LogP contribution in [0.2, 0.25) is 5.02 Å². The summed E-state index contributed by atoms with van der Waals surface area (Å²) in [6.07, 6.45) is 4.54. The Morgan fingerprint density at radius 2 is 2.24 bits per heavy atom. The molecule has 2 aromatic rings. The fourth-order valence-electron chi connectivity index (χ4n) is 1.61. The van der Waals surface area contributed by atoms with Crippen LogP contribution in [0.25, 0.3) is 0 Å². The van der Waals surface area contributed by atoms with Gasteiger partial charge in [-0.3, -0.25) is 4.98 Å². The highest BCUT2D eigenvalue weighted by Gasteiger charge is 2.09. The second kappa shape index (κ2) is 5.52. The molecule has 2 heterocycles. The number of aryl methyl sites for hydroxylation is 1. The van der Waals surface area contributed by atoms with Crippen LogP contribution in [0, 0.1) is 0 Å². The average molecular weight is 267 g/mol. The molecule has 1 N–H and O–H groups in total. The van der Waals surface area contributed by atoms with Crippen LogP contribution in [0.15, 0.2) is 30.6 Å². The van der Waals surface area contributed by atoms with Crippen molar-refractivity contribution < 1.29 is 0 Å². The lowest BCUT2D eigenvalue weighted by Gasteiger charge is -2.14. The number of nitrogens with one attached hydrogen (secondary N) is 1. The number of anilines is 1. The molecule has 0 aliphatic heterocycles. The summed E-state index contributed by atoms with van der Waals surface area (Å²) in [5.41, 5.74) is 0.883. The van der Waals surface area contributed by atoms with Crippen molar-refractivity contribution in [2.45, 2.75) is 26.3 Å². The summed E-state index contributed by atoms with van der Waals surface area (Å²) >= 11 is 7.93. The zero-order valence-electron chi connectivity index (χ0n) is 9.90. The molecular weight excluding hydrogens is 252 g/mol. The molecule has 2 rings (SSSR count). The molecule has 0 amide bonds. The van der Waals surface area contributed by atoms with Crippen LogP contribution in [-0.2, 0) is 6.42 Å². The van der Waals surface area contributed by atoms with E-state index in [4.69, 9.17) is 11.6 Å². The van der Waals surface area contributed by atoms with E-state index in [1.807, 2.05) is 11.3 Å². The van der Waals surface area contributed by atoms with Gasteiger partial charge in [0, 0.05) is 16.0 Å². The second-order valence-electron chi connectivity index (χ2n) is 3.88. The van der Waals surface area contributed by atoms with Crippen LogP contribution in [0.1, 0.15) is 29.6 Å². The number of thiophene rings is 1. The van der Waals surface area contributed by atoms with Crippen molar-refractivity contribution >= 4 is 28.6 Å². The van der Waals surface area contributed by atoms with E-state index in [9.17, 15) is 0 Å². The Labute approximate surface area is 111 Å². The monoisotopic (exact) mass is 266 g/mol. The molecule has 1 atom stereocenters. The molecule has 0 aromatic carbocycles. The van der Waals surface area contributed by atoms with E-state index in [0.29, 0.717) is 5.02 Å². The van der Waals surface area contributed by atoms with Gasteiger partial charge in [0.15, 0.2) is 0 Å². The van der Waals surface area contributed by atoms with Crippen LogP contribution in [0.5, 0.6) is 0 Å². The maximum absolute atomic E-state index is 6.09. The van der Waals surface area contributed by atoms with Crippen LogP contribution >= 0.6 is 22.9 Å². The zero-order chi connectivity index (χ0) is 12.3. The first kappa shape index (κ1) is 12.4. The first-order chi connectivity index (χ1) is 8.20. The Kier molecular flexibility index (Phi) is 4.02. The summed E-state index contributed by atoms with van der Waals surface area (Å²) < 4.78 is 0. The molecule has 0 radical (unpaired) electrons. The zero-order valence-corrected chi connectivity index (χ0v) is 11.5. The third kappa shape index (κ3) is 2.99. The molecule has 0 aliphatic carbocycles. The van der Waals surface area contributed by atoms with E-state index in [1.54, 1.807) is 18.5 Å². The van der Waals surface area contributed by atoms with Crippen molar-refractivity contribution in [1.29, 1.82) is 0 Å². The Balaban J connectivity index is 2.11. The Morgan fingerprint density at radius 1 is 1.41 bits per heavy atom.